The minimum absolute atomic E-state index is 0. The first kappa shape index (κ1) is 9.45. The molecule has 58 valence electrons. The van der Waals surface area contributed by atoms with Crippen LogP contribution in [-0.2, 0) is 4.18 Å². The van der Waals surface area contributed by atoms with Crippen LogP contribution in [0, 0.1) is 6.92 Å². The van der Waals surface area contributed by atoms with Gasteiger partial charge in [-0.15, -0.1) is 5.10 Å². The highest BCUT2D eigenvalue weighted by molar-refractivity contribution is 7.94. The molecule has 5 heteroatoms. The molecule has 0 bridgehead atoms. The van der Waals surface area contributed by atoms with Gasteiger partial charge in [0.2, 0.25) is 5.16 Å². The summed E-state index contributed by atoms with van der Waals surface area (Å²) >= 11 is 1.14. The van der Waals surface area contributed by atoms with Crippen LogP contribution in [0.3, 0.4) is 0 Å². The predicted molar refractivity (Wildman–Crippen MR) is 40.7 cm³/mol. The third kappa shape index (κ3) is 2.36. The molecule has 0 aliphatic heterocycles. The summed E-state index contributed by atoms with van der Waals surface area (Å²) in [4.78, 5) is 3.97. The van der Waals surface area contributed by atoms with E-state index < -0.39 is 0 Å². The molecule has 1 aromatic heterocycles. The molecule has 0 spiro atoms. The van der Waals surface area contributed by atoms with Crippen LogP contribution in [0.25, 0.3) is 0 Å². The van der Waals surface area contributed by atoms with E-state index in [2.05, 4.69) is 15.2 Å². The fourth-order valence-electron chi connectivity index (χ4n) is 0.434. The highest BCUT2D eigenvalue weighted by Gasteiger charge is 1.97. The average molecular weight is 161 g/mol. The number of hydrogen-bond donors (Lipinski definition) is 1. The van der Waals surface area contributed by atoms with E-state index in [1.165, 1.54) is 0 Å². The van der Waals surface area contributed by atoms with Crippen LogP contribution in [0.1, 0.15) is 13.3 Å². The Bertz CT molecular complexity index is 189. The molecule has 0 aliphatic rings. The molecule has 1 rings (SSSR count). The zero-order valence-corrected chi connectivity index (χ0v) is 6.03. The third-order valence-corrected chi connectivity index (χ3v) is 1.23. The van der Waals surface area contributed by atoms with E-state index in [-0.39, 0.29) is 7.43 Å². The number of aromatic nitrogens is 3. The Labute approximate surface area is 64.6 Å². The van der Waals surface area contributed by atoms with Crippen molar-refractivity contribution < 1.29 is 4.18 Å². The molecule has 1 N–H and O–H groups in total. The standard InChI is InChI=1S/C4H7N3OS.CH4/c1-3-5-4(7-6-3)9-8-2;/h1-2H3,(H,5,6,7);1H4. The fraction of sp³-hybridized carbons (Fsp3) is 0.600. The first-order chi connectivity index (χ1) is 4.33. The van der Waals surface area contributed by atoms with Gasteiger partial charge in [-0.1, -0.05) is 7.43 Å². The van der Waals surface area contributed by atoms with E-state index >= 15 is 0 Å². The van der Waals surface area contributed by atoms with Gasteiger partial charge in [0, 0.05) is 0 Å². The fourth-order valence-corrected chi connectivity index (χ4v) is 0.840. The van der Waals surface area contributed by atoms with Crippen LogP contribution in [0.15, 0.2) is 5.16 Å². The van der Waals surface area contributed by atoms with Gasteiger partial charge in [0.05, 0.1) is 19.2 Å². The van der Waals surface area contributed by atoms with Crippen molar-refractivity contribution in [2.24, 2.45) is 0 Å². The first-order valence-electron chi connectivity index (χ1n) is 2.42. The van der Waals surface area contributed by atoms with Gasteiger partial charge in [0.15, 0.2) is 0 Å². The topological polar surface area (TPSA) is 50.8 Å². The molecule has 0 atom stereocenters. The Kier molecular flexibility index (Phi) is 4.06. The second-order valence-corrected chi connectivity index (χ2v) is 2.32. The van der Waals surface area contributed by atoms with Crippen molar-refractivity contribution in [1.82, 2.24) is 15.2 Å². The summed E-state index contributed by atoms with van der Waals surface area (Å²) in [7, 11) is 1.58. The van der Waals surface area contributed by atoms with Gasteiger partial charge >= 0.3 is 0 Å². The summed E-state index contributed by atoms with van der Waals surface area (Å²) in [6.45, 7) is 1.84. The molecule has 0 saturated heterocycles. The van der Waals surface area contributed by atoms with Gasteiger partial charge in [0.25, 0.3) is 0 Å². The maximum Gasteiger partial charge on any atom is 0.235 e. The maximum atomic E-state index is 4.71. The van der Waals surface area contributed by atoms with Crippen LogP contribution in [0.4, 0.5) is 0 Å². The zero-order valence-electron chi connectivity index (χ0n) is 5.21. The van der Waals surface area contributed by atoms with E-state index in [1.54, 1.807) is 7.11 Å². The molecule has 1 aromatic rings. The van der Waals surface area contributed by atoms with Gasteiger partial charge in [0.1, 0.15) is 5.82 Å². The number of hydrogen-bond acceptors (Lipinski definition) is 4. The van der Waals surface area contributed by atoms with Crippen LogP contribution in [-0.4, -0.2) is 22.3 Å². The van der Waals surface area contributed by atoms with Gasteiger partial charge < -0.3 is 4.18 Å². The Balaban J connectivity index is 0.000000810. The Morgan fingerprint density at radius 1 is 1.60 bits per heavy atom. The van der Waals surface area contributed by atoms with Crippen LogP contribution < -0.4 is 0 Å². The summed E-state index contributed by atoms with van der Waals surface area (Å²) < 4.78 is 4.71. The number of aromatic amines is 1. The van der Waals surface area contributed by atoms with Crippen molar-refractivity contribution in [2.75, 3.05) is 7.11 Å². The lowest BCUT2D eigenvalue weighted by Crippen LogP contribution is -1.73. The number of rotatable bonds is 2. The van der Waals surface area contributed by atoms with E-state index in [0.717, 1.165) is 17.9 Å². The summed E-state index contributed by atoms with van der Waals surface area (Å²) in [6.07, 6.45) is 0. The Hall–Kier alpha value is -0.550. The summed E-state index contributed by atoms with van der Waals surface area (Å²) in [6, 6.07) is 0. The van der Waals surface area contributed by atoms with E-state index in [0.29, 0.717) is 5.16 Å². The molecule has 0 amide bonds. The van der Waals surface area contributed by atoms with E-state index in [9.17, 15) is 0 Å². The van der Waals surface area contributed by atoms with Gasteiger partial charge in [-0.2, -0.15) is 0 Å². The lowest BCUT2D eigenvalue weighted by atomic mass is 10.8. The molecule has 10 heavy (non-hydrogen) atoms. The van der Waals surface area contributed by atoms with Crippen molar-refractivity contribution in [2.45, 2.75) is 19.5 Å². The average Bonchev–Trinajstić information content (AvgIpc) is 2.17. The molecule has 1 heterocycles. The van der Waals surface area contributed by atoms with Crippen LogP contribution >= 0.6 is 12.0 Å². The Morgan fingerprint density at radius 2 is 2.30 bits per heavy atom. The number of nitrogens with zero attached hydrogens (tertiary/aromatic N) is 2. The Morgan fingerprint density at radius 3 is 2.70 bits per heavy atom. The molecule has 0 aliphatic carbocycles. The minimum atomic E-state index is 0. The lowest BCUT2D eigenvalue weighted by molar-refractivity contribution is 0.486. The highest BCUT2D eigenvalue weighted by atomic mass is 32.2. The second kappa shape index (κ2) is 4.29. The summed E-state index contributed by atoms with van der Waals surface area (Å²) in [5.41, 5.74) is 0. The third-order valence-electron chi connectivity index (χ3n) is 0.735. The molecular weight excluding hydrogens is 150 g/mol. The highest BCUT2D eigenvalue weighted by Crippen LogP contribution is 2.10. The van der Waals surface area contributed by atoms with Gasteiger partial charge in [-0.25, -0.2) is 4.98 Å². The molecule has 0 saturated carbocycles. The van der Waals surface area contributed by atoms with Crippen LogP contribution in [0.2, 0.25) is 0 Å². The lowest BCUT2D eigenvalue weighted by Gasteiger charge is -1.84. The summed E-state index contributed by atoms with van der Waals surface area (Å²) in [5.74, 6) is 0.801. The van der Waals surface area contributed by atoms with Crippen molar-refractivity contribution in [3.05, 3.63) is 5.82 Å². The number of H-pyrrole nitrogens is 1. The predicted octanol–water partition coefficient (Wildman–Crippen LogP) is 1.40. The number of aryl methyl sites for hydroxylation is 1. The zero-order chi connectivity index (χ0) is 6.69. The quantitative estimate of drug-likeness (QED) is 0.666. The normalized spacial score (nSPS) is 9.00. The van der Waals surface area contributed by atoms with Crippen molar-refractivity contribution in [1.29, 1.82) is 0 Å². The monoisotopic (exact) mass is 161 g/mol. The molecule has 0 fully saturated rings. The van der Waals surface area contributed by atoms with E-state index in [4.69, 9.17) is 4.18 Å². The van der Waals surface area contributed by atoms with Gasteiger partial charge in [-0.05, 0) is 6.92 Å². The van der Waals surface area contributed by atoms with Gasteiger partial charge in [-0.3, -0.25) is 5.10 Å². The number of nitrogens with one attached hydrogen (secondary N) is 1. The second-order valence-electron chi connectivity index (χ2n) is 1.45. The molecule has 4 nitrogen and oxygen atoms in total. The summed E-state index contributed by atoms with van der Waals surface area (Å²) in [5, 5.41) is 7.12. The smallest absolute Gasteiger partial charge is 0.235 e. The van der Waals surface area contributed by atoms with Crippen molar-refractivity contribution in [3.63, 3.8) is 0 Å². The largest absolute Gasteiger partial charge is 0.311 e. The molecule has 0 aromatic carbocycles. The maximum absolute atomic E-state index is 4.71. The molecule has 0 unspecified atom stereocenters. The minimum Gasteiger partial charge on any atom is -0.311 e. The molecular formula is C5H11N3OS. The van der Waals surface area contributed by atoms with Crippen molar-refractivity contribution >= 4 is 12.0 Å². The van der Waals surface area contributed by atoms with E-state index in [1.807, 2.05) is 6.92 Å². The SMILES string of the molecule is C.COSc1n[nH]c(C)n1. The van der Waals surface area contributed by atoms with Crippen LogP contribution in [0.5, 0.6) is 0 Å². The first-order valence-corrected chi connectivity index (χ1v) is 3.17. The molecule has 0 radical (unpaired) electrons. The van der Waals surface area contributed by atoms with Crippen molar-refractivity contribution in [3.8, 4) is 0 Å².